The normalized spacial score (nSPS) is 17.7. The molecule has 1 heterocycles. The summed E-state index contributed by atoms with van der Waals surface area (Å²) in [6, 6.07) is 2.02. The van der Waals surface area contributed by atoms with Crippen LogP contribution in [0.3, 0.4) is 0 Å². The molecule has 1 fully saturated rings. The van der Waals surface area contributed by atoms with Gasteiger partial charge >= 0.3 is 6.09 Å². The molecular formula is C21H34FN3O5. The number of nitrogen functional groups attached to an aromatic ring is 1. The Balaban J connectivity index is 0.00000218. The molecule has 0 aliphatic carbocycles. The van der Waals surface area contributed by atoms with Crippen LogP contribution in [0.2, 0.25) is 0 Å². The number of ether oxygens (including phenoxy) is 3. The van der Waals surface area contributed by atoms with Gasteiger partial charge in [-0.05, 0) is 59.2 Å². The molecule has 9 heteroatoms. The number of halogens is 1. The molecule has 170 valence electrons. The number of rotatable bonds is 4. The highest BCUT2D eigenvalue weighted by Gasteiger charge is 2.46. The lowest BCUT2D eigenvalue weighted by Crippen LogP contribution is -2.51. The molecule has 1 aliphatic heterocycles. The molecule has 1 aromatic carbocycles. The monoisotopic (exact) mass is 427 g/mol. The second-order valence-corrected chi connectivity index (χ2v) is 8.14. The number of hydrazine groups is 1. The molecule has 1 saturated heterocycles. The largest absolute Gasteiger partial charge is 0.488 e. The summed E-state index contributed by atoms with van der Waals surface area (Å²) in [6.07, 6.45) is -0.532. The Kier molecular flexibility index (Phi) is 8.62. The highest BCUT2D eigenvalue weighted by Crippen LogP contribution is 2.30. The molecule has 0 bridgehead atoms. The van der Waals surface area contributed by atoms with E-state index >= 15 is 0 Å². The summed E-state index contributed by atoms with van der Waals surface area (Å²) in [4.78, 5) is 25.7. The van der Waals surface area contributed by atoms with Crippen molar-refractivity contribution in [2.75, 3.05) is 13.2 Å². The number of aryl methyl sites for hydroxylation is 1. The van der Waals surface area contributed by atoms with E-state index in [2.05, 4.69) is 0 Å². The third kappa shape index (κ3) is 6.30. The molecule has 2 rings (SSSR count). The maximum Gasteiger partial charge on any atom is 0.413 e. The molecule has 1 aliphatic rings. The van der Waals surface area contributed by atoms with Gasteiger partial charge in [0, 0.05) is 5.56 Å². The smallest absolute Gasteiger partial charge is 0.413 e. The van der Waals surface area contributed by atoms with Gasteiger partial charge in [-0.1, -0.05) is 13.8 Å². The maximum absolute atomic E-state index is 14.3. The van der Waals surface area contributed by atoms with Crippen LogP contribution in [0.25, 0.3) is 0 Å². The molecule has 3 N–H and O–H groups in total. The number of hydrogen-bond acceptors (Lipinski definition) is 6. The molecule has 1 atom stereocenters. The van der Waals surface area contributed by atoms with Crippen LogP contribution in [-0.2, 0) is 9.47 Å². The number of nitrogens with one attached hydrogen (secondary N) is 1. The van der Waals surface area contributed by atoms with Gasteiger partial charge in [-0.2, -0.15) is 0 Å². The van der Waals surface area contributed by atoms with Crippen LogP contribution in [0.1, 0.15) is 64.4 Å². The van der Waals surface area contributed by atoms with Gasteiger partial charge in [0.1, 0.15) is 17.9 Å². The zero-order chi connectivity index (χ0) is 23.3. The minimum Gasteiger partial charge on any atom is -0.488 e. The van der Waals surface area contributed by atoms with Gasteiger partial charge < -0.3 is 14.2 Å². The summed E-state index contributed by atoms with van der Waals surface area (Å²) in [5.74, 6) is 3.78. The summed E-state index contributed by atoms with van der Waals surface area (Å²) in [5, 5.41) is 0. The summed E-state index contributed by atoms with van der Waals surface area (Å²) in [5.41, 5.74) is 1.05. The fourth-order valence-electron chi connectivity index (χ4n) is 2.96. The third-order valence-electron chi connectivity index (χ3n) is 4.25. The van der Waals surface area contributed by atoms with Crippen LogP contribution >= 0.6 is 0 Å². The Morgan fingerprint density at radius 1 is 1.33 bits per heavy atom. The van der Waals surface area contributed by atoms with Gasteiger partial charge in [0.2, 0.25) is 0 Å². The second-order valence-electron chi connectivity index (χ2n) is 8.14. The van der Waals surface area contributed by atoms with E-state index in [-0.39, 0.29) is 24.5 Å². The lowest BCUT2D eigenvalue weighted by atomic mass is 10.1. The zero-order valence-corrected chi connectivity index (χ0v) is 19.1. The van der Waals surface area contributed by atoms with E-state index in [0.717, 1.165) is 6.07 Å². The fourth-order valence-corrected chi connectivity index (χ4v) is 2.96. The molecular weight excluding hydrogens is 393 g/mol. The van der Waals surface area contributed by atoms with E-state index in [0.29, 0.717) is 5.56 Å². The number of nitrogens with two attached hydrogens (primary N) is 1. The van der Waals surface area contributed by atoms with Gasteiger partial charge in [-0.3, -0.25) is 15.1 Å². The van der Waals surface area contributed by atoms with Crippen LogP contribution in [0.5, 0.6) is 5.75 Å². The Morgan fingerprint density at radius 3 is 2.47 bits per heavy atom. The SMILES string of the molecule is CC.Cc1cc(OCC2COC(C)(C)N2C(=O)OC(C)(C)C)c(F)cc1C(=O)NN. The van der Waals surface area contributed by atoms with E-state index in [9.17, 15) is 14.0 Å². The minimum absolute atomic E-state index is 0.00145. The van der Waals surface area contributed by atoms with E-state index in [1.54, 1.807) is 41.5 Å². The Morgan fingerprint density at radius 2 is 1.93 bits per heavy atom. The third-order valence-corrected chi connectivity index (χ3v) is 4.25. The molecule has 1 aromatic rings. The van der Waals surface area contributed by atoms with Crippen LogP contribution in [0, 0.1) is 12.7 Å². The molecule has 30 heavy (non-hydrogen) atoms. The zero-order valence-electron chi connectivity index (χ0n) is 19.1. The van der Waals surface area contributed by atoms with E-state index in [1.807, 2.05) is 19.3 Å². The van der Waals surface area contributed by atoms with Gasteiger partial charge in [-0.15, -0.1) is 0 Å². The van der Waals surface area contributed by atoms with Crippen LogP contribution in [0.15, 0.2) is 12.1 Å². The van der Waals surface area contributed by atoms with Crippen molar-refractivity contribution in [3.8, 4) is 5.75 Å². The first kappa shape index (κ1) is 25.6. The first-order valence-electron chi connectivity index (χ1n) is 9.96. The average Bonchev–Trinajstić information content (AvgIpc) is 2.96. The molecule has 2 amide bonds. The van der Waals surface area contributed by atoms with Crippen molar-refractivity contribution < 1.29 is 28.2 Å². The Bertz CT molecular complexity index is 762. The Hall–Kier alpha value is -2.39. The molecule has 0 spiro atoms. The van der Waals surface area contributed by atoms with Crippen molar-refractivity contribution in [1.29, 1.82) is 0 Å². The number of amides is 2. The first-order chi connectivity index (χ1) is 13.9. The first-order valence-corrected chi connectivity index (χ1v) is 9.96. The summed E-state index contributed by atoms with van der Waals surface area (Å²) >= 11 is 0. The summed E-state index contributed by atoms with van der Waals surface area (Å²) in [7, 11) is 0. The van der Waals surface area contributed by atoms with E-state index in [1.165, 1.54) is 11.0 Å². The van der Waals surface area contributed by atoms with Gasteiger partial charge in [-0.25, -0.2) is 15.0 Å². The van der Waals surface area contributed by atoms with Crippen molar-refractivity contribution in [3.63, 3.8) is 0 Å². The van der Waals surface area contributed by atoms with E-state index < -0.39 is 35.2 Å². The van der Waals surface area contributed by atoms with Crippen molar-refractivity contribution in [2.24, 2.45) is 5.84 Å². The van der Waals surface area contributed by atoms with Crippen LogP contribution < -0.4 is 16.0 Å². The quantitative estimate of drug-likeness (QED) is 0.433. The predicted octanol–water partition coefficient (Wildman–Crippen LogP) is 3.51. The molecule has 1 unspecified atom stereocenters. The number of nitrogens with zero attached hydrogens (tertiary/aromatic N) is 1. The van der Waals surface area contributed by atoms with Crippen molar-refractivity contribution >= 4 is 12.0 Å². The van der Waals surface area contributed by atoms with Crippen molar-refractivity contribution in [3.05, 3.63) is 29.1 Å². The highest BCUT2D eigenvalue weighted by atomic mass is 19.1. The lowest BCUT2D eigenvalue weighted by molar-refractivity contribution is -0.0637. The minimum atomic E-state index is -0.881. The fraction of sp³-hybridized carbons (Fsp3) is 0.619. The summed E-state index contributed by atoms with van der Waals surface area (Å²) < 4.78 is 31.1. The van der Waals surface area contributed by atoms with Crippen molar-refractivity contribution in [2.45, 2.75) is 72.8 Å². The second kappa shape index (κ2) is 10.1. The number of carbonyl (C=O) groups is 2. The molecule has 8 nitrogen and oxygen atoms in total. The molecule has 0 aromatic heterocycles. The number of benzene rings is 1. The molecule has 0 radical (unpaired) electrons. The van der Waals surface area contributed by atoms with Crippen LogP contribution in [-0.4, -0.2) is 47.5 Å². The topological polar surface area (TPSA) is 103 Å². The Labute approximate surface area is 177 Å². The number of hydrogen-bond donors (Lipinski definition) is 2. The average molecular weight is 428 g/mol. The summed E-state index contributed by atoms with van der Waals surface area (Å²) in [6.45, 7) is 14.7. The van der Waals surface area contributed by atoms with Gasteiger partial charge in [0.15, 0.2) is 11.6 Å². The van der Waals surface area contributed by atoms with Crippen LogP contribution in [0.4, 0.5) is 9.18 Å². The van der Waals surface area contributed by atoms with Gasteiger partial charge in [0.05, 0.1) is 12.6 Å². The molecule has 0 saturated carbocycles. The highest BCUT2D eigenvalue weighted by molar-refractivity contribution is 5.95. The van der Waals surface area contributed by atoms with Crippen molar-refractivity contribution in [1.82, 2.24) is 10.3 Å². The lowest BCUT2D eigenvalue weighted by Gasteiger charge is -2.35. The standard InChI is InChI=1S/C19H28FN3O5.C2H6/c1-11-7-15(14(20)8-13(11)16(24)22-21)26-9-12-10-27-19(5,6)23(12)17(25)28-18(2,3)4;1-2/h7-8,12H,9-10,21H2,1-6H3,(H,22,24);1-2H3. The number of carbonyl (C=O) groups excluding carboxylic acids is 2. The van der Waals surface area contributed by atoms with E-state index in [4.69, 9.17) is 20.1 Å². The maximum atomic E-state index is 14.3. The van der Waals surface area contributed by atoms with Gasteiger partial charge in [0.25, 0.3) is 5.91 Å². The predicted molar refractivity (Wildman–Crippen MR) is 112 cm³/mol.